The van der Waals surface area contributed by atoms with Gasteiger partial charge in [-0.3, -0.25) is 0 Å². The lowest BCUT2D eigenvalue weighted by Gasteiger charge is -2.15. The molecule has 1 aromatic heterocycles. The maximum absolute atomic E-state index is 6.32. The number of allylic oxidation sites excluding steroid dienone is 1. The van der Waals surface area contributed by atoms with Gasteiger partial charge < -0.3 is 14.0 Å². The van der Waals surface area contributed by atoms with Crippen LogP contribution in [0.3, 0.4) is 0 Å². The van der Waals surface area contributed by atoms with E-state index in [9.17, 15) is 0 Å². The van der Waals surface area contributed by atoms with E-state index in [0.717, 1.165) is 29.1 Å². The van der Waals surface area contributed by atoms with Crippen molar-refractivity contribution in [1.29, 1.82) is 0 Å². The van der Waals surface area contributed by atoms with Crippen molar-refractivity contribution in [2.45, 2.75) is 19.6 Å². The Kier molecular flexibility index (Phi) is 5.32. The molecule has 0 radical (unpaired) electrons. The van der Waals surface area contributed by atoms with E-state index in [1.54, 1.807) is 0 Å². The maximum atomic E-state index is 6.32. The summed E-state index contributed by atoms with van der Waals surface area (Å²) in [5.74, 6) is 1.56. The van der Waals surface area contributed by atoms with E-state index in [-0.39, 0.29) is 0 Å². The van der Waals surface area contributed by atoms with Gasteiger partial charge in [0.25, 0.3) is 0 Å². The molecule has 4 aromatic rings. The van der Waals surface area contributed by atoms with Gasteiger partial charge in [0, 0.05) is 35.6 Å². The molecule has 1 aliphatic rings. The van der Waals surface area contributed by atoms with Crippen LogP contribution in [0.25, 0.3) is 17.0 Å². The molecule has 3 nitrogen and oxygen atoms in total. The van der Waals surface area contributed by atoms with Crippen molar-refractivity contribution in [3.05, 3.63) is 125 Å². The molecule has 0 saturated heterocycles. The Hall–Kier alpha value is -3.72. The second-order valence-electron chi connectivity index (χ2n) is 7.77. The highest BCUT2D eigenvalue weighted by Crippen LogP contribution is 2.33. The van der Waals surface area contributed by atoms with Crippen LogP contribution < -0.4 is 0 Å². The SMILES string of the molecule is Cn1c2c(c3ccccc31)C=C(OCc1ccccc1)C(OCc1ccccc1)=CC2. The van der Waals surface area contributed by atoms with E-state index in [4.69, 9.17) is 9.47 Å². The van der Waals surface area contributed by atoms with Crippen LogP contribution in [0.2, 0.25) is 0 Å². The summed E-state index contributed by atoms with van der Waals surface area (Å²) in [6.45, 7) is 1.01. The number of rotatable bonds is 6. The van der Waals surface area contributed by atoms with Crippen molar-refractivity contribution >= 4 is 17.0 Å². The molecule has 1 heterocycles. The minimum atomic E-state index is 0.499. The van der Waals surface area contributed by atoms with Crippen LogP contribution in [0.4, 0.5) is 0 Å². The molecule has 5 rings (SSSR count). The summed E-state index contributed by atoms with van der Waals surface area (Å²) in [7, 11) is 2.13. The molecule has 0 aliphatic heterocycles. The first-order chi connectivity index (χ1) is 15.3. The van der Waals surface area contributed by atoms with Gasteiger partial charge in [0.2, 0.25) is 0 Å². The van der Waals surface area contributed by atoms with E-state index < -0.39 is 0 Å². The summed E-state index contributed by atoms with van der Waals surface area (Å²) >= 11 is 0. The fraction of sp³-hybridized carbons (Fsp3) is 0.143. The molecule has 0 N–H and O–H groups in total. The van der Waals surface area contributed by atoms with E-state index >= 15 is 0 Å². The smallest absolute Gasteiger partial charge is 0.162 e. The maximum Gasteiger partial charge on any atom is 0.162 e. The highest BCUT2D eigenvalue weighted by molar-refractivity contribution is 5.92. The van der Waals surface area contributed by atoms with E-state index in [1.165, 1.54) is 22.2 Å². The predicted octanol–water partition coefficient (Wildman–Crippen LogP) is 6.39. The number of aromatic nitrogens is 1. The Morgan fingerprint density at radius 2 is 1.29 bits per heavy atom. The number of para-hydroxylation sites is 1. The predicted molar refractivity (Wildman–Crippen MR) is 125 cm³/mol. The second-order valence-corrected chi connectivity index (χ2v) is 7.77. The monoisotopic (exact) mass is 407 g/mol. The van der Waals surface area contributed by atoms with Gasteiger partial charge in [0.05, 0.1) is 0 Å². The molecule has 0 amide bonds. The lowest BCUT2D eigenvalue weighted by molar-refractivity contribution is 0.138. The first-order valence-corrected chi connectivity index (χ1v) is 10.6. The van der Waals surface area contributed by atoms with Gasteiger partial charge in [-0.2, -0.15) is 0 Å². The Labute approximate surface area is 182 Å². The summed E-state index contributed by atoms with van der Waals surface area (Å²) in [6.07, 6.45) is 5.08. The number of hydrogen-bond donors (Lipinski definition) is 0. The molecule has 3 aromatic carbocycles. The highest BCUT2D eigenvalue weighted by atomic mass is 16.5. The van der Waals surface area contributed by atoms with Crippen LogP contribution in [-0.2, 0) is 36.2 Å². The summed E-state index contributed by atoms with van der Waals surface area (Å²) in [5, 5.41) is 1.23. The van der Waals surface area contributed by atoms with Crippen molar-refractivity contribution in [2.24, 2.45) is 7.05 Å². The van der Waals surface area contributed by atoms with Gasteiger partial charge in [0.15, 0.2) is 11.5 Å². The van der Waals surface area contributed by atoms with Crippen LogP contribution in [0.15, 0.2) is 103 Å². The average Bonchev–Trinajstić information content (AvgIpc) is 2.97. The Balaban J connectivity index is 1.50. The van der Waals surface area contributed by atoms with Crippen molar-refractivity contribution in [1.82, 2.24) is 4.57 Å². The summed E-state index contributed by atoms with van der Waals surface area (Å²) in [5.41, 5.74) is 5.97. The molecule has 154 valence electrons. The zero-order valence-corrected chi connectivity index (χ0v) is 17.6. The van der Waals surface area contributed by atoms with E-state index in [2.05, 4.69) is 72.3 Å². The Morgan fingerprint density at radius 3 is 1.97 bits per heavy atom. The van der Waals surface area contributed by atoms with Crippen molar-refractivity contribution in [3.63, 3.8) is 0 Å². The zero-order chi connectivity index (χ0) is 21.0. The third-order valence-electron chi connectivity index (χ3n) is 5.74. The third-order valence-corrected chi connectivity index (χ3v) is 5.74. The van der Waals surface area contributed by atoms with Gasteiger partial charge in [-0.1, -0.05) is 78.9 Å². The molecule has 0 saturated carbocycles. The topological polar surface area (TPSA) is 23.4 Å². The normalized spacial score (nSPS) is 13.2. The molecule has 0 atom stereocenters. The Morgan fingerprint density at radius 1 is 0.710 bits per heavy atom. The molecule has 0 spiro atoms. The summed E-state index contributed by atoms with van der Waals surface area (Å²) in [4.78, 5) is 0. The van der Waals surface area contributed by atoms with Gasteiger partial charge in [-0.05, 0) is 29.3 Å². The van der Waals surface area contributed by atoms with Crippen molar-refractivity contribution in [2.75, 3.05) is 0 Å². The zero-order valence-electron chi connectivity index (χ0n) is 17.6. The molecule has 0 fully saturated rings. The first kappa shape index (κ1) is 19.3. The average molecular weight is 408 g/mol. The number of ether oxygens (including phenoxy) is 2. The Bertz CT molecular complexity index is 1250. The van der Waals surface area contributed by atoms with Crippen molar-refractivity contribution in [3.8, 4) is 0 Å². The van der Waals surface area contributed by atoms with Crippen LogP contribution in [0.5, 0.6) is 0 Å². The van der Waals surface area contributed by atoms with Gasteiger partial charge in [0.1, 0.15) is 13.2 Å². The van der Waals surface area contributed by atoms with Gasteiger partial charge in [-0.15, -0.1) is 0 Å². The minimum Gasteiger partial charge on any atom is -0.485 e. The first-order valence-electron chi connectivity index (χ1n) is 10.6. The number of hydrogen-bond acceptors (Lipinski definition) is 2. The van der Waals surface area contributed by atoms with Crippen LogP contribution in [-0.4, -0.2) is 4.57 Å². The standard InChI is InChI=1S/C28H25NO2/c1-29-25-15-9-8-14-23(25)24-18-28(31-20-22-12-6-3-7-13-22)27(17-16-26(24)29)30-19-21-10-4-2-5-11-21/h2-15,17-18H,16,19-20H2,1H3. The van der Waals surface area contributed by atoms with Crippen LogP contribution in [0, 0.1) is 0 Å². The van der Waals surface area contributed by atoms with E-state index in [0.29, 0.717) is 13.2 Å². The van der Waals surface area contributed by atoms with Crippen molar-refractivity contribution < 1.29 is 9.47 Å². The van der Waals surface area contributed by atoms with Gasteiger partial charge in [-0.25, -0.2) is 0 Å². The molecule has 0 bridgehead atoms. The molecular weight excluding hydrogens is 382 g/mol. The fourth-order valence-electron chi connectivity index (χ4n) is 4.09. The molecule has 0 unspecified atom stereocenters. The number of benzene rings is 3. The number of aryl methyl sites for hydroxylation is 1. The van der Waals surface area contributed by atoms with Crippen LogP contribution >= 0.6 is 0 Å². The summed E-state index contributed by atoms with van der Waals surface area (Å²) < 4.78 is 14.9. The van der Waals surface area contributed by atoms with Gasteiger partial charge >= 0.3 is 0 Å². The molecule has 3 heteroatoms. The third kappa shape index (κ3) is 3.99. The largest absolute Gasteiger partial charge is 0.485 e. The summed E-state index contributed by atoms with van der Waals surface area (Å²) in [6, 6.07) is 29.0. The minimum absolute atomic E-state index is 0.499. The number of fused-ring (bicyclic) bond motifs is 3. The molecular formula is C28H25NO2. The second kappa shape index (κ2) is 8.57. The highest BCUT2D eigenvalue weighted by Gasteiger charge is 2.20. The lowest BCUT2D eigenvalue weighted by Crippen LogP contribution is -2.02. The molecule has 1 aliphatic carbocycles. The quantitative estimate of drug-likeness (QED) is 0.370. The lowest BCUT2D eigenvalue weighted by atomic mass is 10.1. The molecule has 31 heavy (non-hydrogen) atoms. The van der Waals surface area contributed by atoms with E-state index in [1.807, 2.05) is 36.4 Å². The number of nitrogens with zero attached hydrogens (tertiary/aromatic N) is 1. The fourth-order valence-corrected chi connectivity index (χ4v) is 4.09. The van der Waals surface area contributed by atoms with Crippen LogP contribution in [0.1, 0.15) is 22.4 Å².